The average molecular weight is 627 g/mol. The topological polar surface area (TPSA) is 104 Å². The number of carbonyl (C=O) groups is 2. The average Bonchev–Trinajstić information content (AvgIpc) is 3.49. The number of carbonyl (C=O) groups excluding carboxylic acids is 1. The van der Waals surface area contributed by atoms with Gasteiger partial charge in [-0.15, -0.1) is 0 Å². The lowest BCUT2D eigenvalue weighted by Crippen LogP contribution is -2.42. The molecular formula is C25H22Cl2F6N4O4. The summed E-state index contributed by atoms with van der Waals surface area (Å²) in [4.78, 5) is 32.9. The Balaban J connectivity index is 0.000000587. The second-order valence-electron chi connectivity index (χ2n) is 9.02. The van der Waals surface area contributed by atoms with Crippen LogP contribution in [0.25, 0.3) is 0 Å². The second-order valence-corrected chi connectivity index (χ2v) is 9.90. The van der Waals surface area contributed by atoms with Crippen LogP contribution in [-0.4, -0.2) is 72.5 Å². The third kappa shape index (κ3) is 7.41. The number of hydrogen-bond acceptors (Lipinski definition) is 6. The molecule has 0 radical (unpaired) electrons. The van der Waals surface area contributed by atoms with E-state index in [2.05, 4.69) is 15.5 Å². The summed E-state index contributed by atoms with van der Waals surface area (Å²) in [5, 5.41) is 13.8. The molecule has 0 fully saturated rings. The van der Waals surface area contributed by atoms with Gasteiger partial charge in [-0.25, -0.2) is 4.79 Å². The molecule has 1 amide bonds. The van der Waals surface area contributed by atoms with E-state index in [1.54, 1.807) is 25.1 Å². The number of amides is 1. The van der Waals surface area contributed by atoms with E-state index < -0.39 is 30.3 Å². The highest BCUT2D eigenvalue weighted by atomic mass is 35.5. The van der Waals surface area contributed by atoms with Gasteiger partial charge in [0.2, 0.25) is 0 Å². The number of halogens is 8. The number of nitrogens with zero attached hydrogens (tertiary/aromatic N) is 3. The summed E-state index contributed by atoms with van der Waals surface area (Å²) in [6, 6.07) is 8.42. The molecule has 8 nitrogen and oxygen atoms in total. The summed E-state index contributed by atoms with van der Waals surface area (Å²) < 4.78 is 74.3. The number of oxime groups is 1. The monoisotopic (exact) mass is 626 g/mol. The van der Waals surface area contributed by atoms with E-state index in [0.717, 1.165) is 12.4 Å². The first-order valence-electron chi connectivity index (χ1n) is 11.7. The molecule has 2 aliphatic rings. The van der Waals surface area contributed by atoms with Crippen molar-refractivity contribution in [2.75, 3.05) is 26.7 Å². The van der Waals surface area contributed by atoms with Crippen molar-refractivity contribution >= 4 is 46.6 Å². The van der Waals surface area contributed by atoms with Gasteiger partial charge in [-0.2, -0.15) is 26.3 Å². The Bertz CT molecular complexity index is 1380. The van der Waals surface area contributed by atoms with Crippen molar-refractivity contribution in [3.05, 3.63) is 68.7 Å². The lowest BCUT2D eigenvalue weighted by molar-refractivity contribution is -0.275. The van der Waals surface area contributed by atoms with Gasteiger partial charge in [-0.3, -0.25) is 9.79 Å². The highest BCUT2D eigenvalue weighted by molar-refractivity contribution is 6.34. The normalized spacial score (nSPS) is 18.6. The molecule has 0 aliphatic carbocycles. The quantitative estimate of drug-likeness (QED) is 0.421. The summed E-state index contributed by atoms with van der Waals surface area (Å²) in [6.07, 6.45) is -10.4. The number of aliphatic imine (C=N–C) groups is 1. The molecule has 1 atom stereocenters. The van der Waals surface area contributed by atoms with Crippen LogP contribution >= 0.6 is 23.2 Å². The number of amidine groups is 1. The molecule has 2 heterocycles. The molecule has 16 heteroatoms. The Morgan fingerprint density at radius 1 is 1.10 bits per heavy atom. The fraction of sp³-hybridized carbons (Fsp3) is 0.360. The van der Waals surface area contributed by atoms with E-state index in [1.807, 2.05) is 11.9 Å². The van der Waals surface area contributed by atoms with Crippen LogP contribution in [0, 0.1) is 6.92 Å². The zero-order chi connectivity index (χ0) is 30.8. The molecule has 2 aromatic rings. The second kappa shape index (κ2) is 12.1. The number of rotatable bonds is 5. The molecule has 4 rings (SSSR count). The van der Waals surface area contributed by atoms with E-state index in [4.69, 9.17) is 37.9 Å². The fourth-order valence-corrected chi connectivity index (χ4v) is 4.49. The van der Waals surface area contributed by atoms with Crippen molar-refractivity contribution in [1.82, 2.24) is 10.2 Å². The van der Waals surface area contributed by atoms with Gasteiger partial charge < -0.3 is 20.2 Å². The van der Waals surface area contributed by atoms with Crippen molar-refractivity contribution < 1.29 is 45.9 Å². The molecule has 222 valence electrons. The summed E-state index contributed by atoms with van der Waals surface area (Å²) in [7, 11) is 1.90. The Morgan fingerprint density at radius 3 is 2.20 bits per heavy atom. The molecule has 0 aromatic heterocycles. The van der Waals surface area contributed by atoms with Crippen LogP contribution in [0.3, 0.4) is 0 Å². The minimum atomic E-state index is -5.08. The van der Waals surface area contributed by atoms with Crippen LogP contribution in [0.1, 0.15) is 33.5 Å². The molecule has 0 saturated heterocycles. The predicted molar refractivity (Wildman–Crippen MR) is 139 cm³/mol. The number of alkyl halides is 6. The van der Waals surface area contributed by atoms with Gasteiger partial charge in [-0.1, -0.05) is 34.4 Å². The minimum absolute atomic E-state index is 0.0594. The predicted octanol–water partition coefficient (Wildman–Crippen LogP) is 5.59. The summed E-state index contributed by atoms with van der Waals surface area (Å²) in [6.45, 7) is 3.51. The van der Waals surface area contributed by atoms with E-state index in [9.17, 15) is 31.1 Å². The number of carboxylic acids is 1. The van der Waals surface area contributed by atoms with Gasteiger partial charge in [0.05, 0.1) is 18.8 Å². The molecule has 2 N–H and O–H groups in total. The third-order valence-corrected chi connectivity index (χ3v) is 6.58. The van der Waals surface area contributed by atoms with E-state index in [0.29, 0.717) is 29.8 Å². The zero-order valence-corrected chi connectivity index (χ0v) is 22.8. The van der Waals surface area contributed by atoms with Gasteiger partial charge in [0, 0.05) is 41.2 Å². The van der Waals surface area contributed by atoms with E-state index in [-0.39, 0.29) is 27.2 Å². The first-order valence-corrected chi connectivity index (χ1v) is 12.4. The van der Waals surface area contributed by atoms with E-state index >= 15 is 0 Å². The fourth-order valence-electron chi connectivity index (χ4n) is 3.97. The Labute approximate surface area is 239 Å². The maximum Gasteiger partial charge on any atom is 0.490 e. The first kappa shape index (κ1) is 32.0. The molecule has 41 heavy (non-hydrogen) atoms. The Hall–Kier alpha value is -3.52. The number of likely N-dealkylation sites (N-methyl/N-ethyl adjacent to an activating group) is 1. The van der Waals surface area contributed by atoms with Gasteiger partial charge in [0.25, 0.3) is 11.5 Å². The number of benzene rings is 2. The van der Waals surface area contributed by atoms with Crippen LogP contribution in [-0.2, 0) is 15.2 Å². The SMILES string of the molecule is Cc1cc(C2=NOC(c3cc(Cl)cc(Cl)c3)(C(F)(F)F)C2)ccc1C(=O)NCC1=NCCN1C.O=C(O)C(F)(F)F. The largest absolute Gasteiger partial charge is 0.490 e. The maximum atomic E-state index is 14.2. The Kier molecular flexibility index (Phi) is 9.48. The van der Waals surface area contributed by atoms with Crippen LogP contribution in [0.5, 0.6) is 0 Å². The summed E-state index contributed by atoms with van der Waals surface area (Å²) >= 11 is 11.9. The van der Waals surface area contributed by atoms with Crippen LogP contribution in [0.4, 0.5) is 26.3 Å². The number of nitrogens with one attached hydrogen (secondary N) is 1. The Morgan fingerprint density at radius 2 is 1.71 bits per heavy atom. The summed E-state index contributed by atoms with van der Waals surface area (Å²) in [5.41, 5.74) is -1.42. The van der Waals surface area contributed by atoms with Crippen molar-refractivity contribution in [3.8, 4) is 0 Å². The zero-order valence-electron chi connectivity index (χ0n) is 21.3. The molecule has 0 spiro atoms. The van der Waals surface area contributed by atoms with Crippen molar-refractivity contribution in [2.45, 2.75) is 31.3 Å². The minimum Gasteiger partial charge on any atom is -0.475 e. The first-order chi connectivity index (χ1) is 18.9. The number of aryl methyl sites for hydroxylation is 1. The molecule has 0 bridgehead atoms. The molecule has 1 unspecified atom stereocenters. The lowest BCUT2D eigenvalue weighted by atomic mass is 9.86. The third-order valence-electron chi connectivity index (χ3n) is 6.14. The van der Waals surface area contributed by atoms with Gasteiger partial charge in [0.1, 0.15) is 5.84 Å². The maximum absolute atomic E-state index is 14.2. The van der Waals surface area contributed by atoms with Gasteiger partial charge in [0.15, 0.2) is 0 Å². The van der Waals surface area contributed by atoms with Crippen molar-refractivity contribution in [1.29, 1.82) is 0 Å². The van der Waals surface area contributed by atoms with Crippen LogP contribution in [0.2, 0.25) is 10.0 Å². The van der Waals surface area contributed by atoms with Gasteiger partial charge in [-0.05, 0) is 48.4 Å². The molecule has 2 aromatic carbocycles. The highest BCUT2D eigenvalue weighted by Gasteiger charge is 2.62. The summed E-state index contributed by atoms with van der Waals surface area (Å²) in [5.74, 6) is -2.26. The number of hydrogen-bond donors (Lipinski definition) is 2. The number of aliphatic carboxylic acids is 1. The van der Waals surface area contributed by atoms with Crippen molar-refractivity contribution in [3.63, 3.8) is 0 Å². The standard InChI is InChI=1S/C23H21Cl2F3N4O2.C2HF3O2/c1-13-7-14(3-4-18(13)21(33)30-12-20-29-5-6-32(20)2)19-11-22(34-31-19,23(26,27)28)15-8-16(24)10-17(25)9-15;3-2(4,5)1(6)7/h3-4,7-10H,5-6,11-12H2,1-2H3,(H,30,33);(H,6,7). The number of carboxylic acid groups (broad SMARTS) is 1. The smallest absolute Gasteiger partial charge is 0.475 e. The molecule has 0 saturated carbocycles. The lowest BCUT2D eigenvalue weighted by Gasteiger charge is -2.29. The molecule has 2 aliphatic heterocycles. The van der Waals surface area contributed by atoms with Crippen LogP contribution < -0.4 is 5.32 Å². The van der Waals surface area contributed by atoms with Crippen LogP contribution in [0.15, 0.2) is 46.5 Å². The highest BCUT2D eigenvalue weighted by Crippen LogP contribution is 2.49. The van der Waals surface area contributed by atoms with Crippen molar-refractivity contribution in [2.24, 2.45) is 10.1 Å². The van der Waals surface area contributed by atoms with E-state index in [1.165, 1.54) is 18.2 Å². The molecular weight excluding hydrogens is 605 g/mol. The van der Waals surface area contributed by atoms with Gasteiger partial charge >= 0.3 is 18.3 Å².